The lowest BCUT2D eigenvalue weighted by atomic mass is 9.95. The molecule has 1 aromatic carbocycles. The van der Waals surface area contributed by atoms with Crippen molar-refractivity contribution in [3.63, 3.8) is 0 Å². The van der Waals surface area contributed by atoms with Gasteiger partial charge in [-0.15, -0.1) is 0 Å². The highest BCUT2D eigenvalue weighted by Crippen LogP contribution is 2.52. The number of H-pyrrole nitrogens is 1. The van der Waals surface area contributed by atoms with Crippen LogP contribution in [0.3, 0.4) is 0 Å². The van der Waals surface area contributed by atoms with E-state index < -0.39 is 0 Å². The molecule has 20 heavy (non-hydrogen) atoms. The first-order chi connectivity index (χ1) is 9.67. The smallest absolute Gasteiger partial charge is 0.177 e. The first-order valence-electron chi connectivity index (χ1n) is 6.86. The van der Waals surface area contributed by atoms with Crippen LogP contribution in [-0.4, -0.2) is 15.0 Å². The molecule has 2 heterocycles. The highest BCUT2D eigenvalue weighted by atomic mass is 15.0. The summed E-state index contributed by atoms with van der Waals surface area (Å²) >= 11 is 0. The molecule has 1 saturated carbocycles. The summed E-state index contributed by atoms with van der Waals surface area (Å²) in [7, 11) is 0. The van der Waals surface area contributed by atoms with Crippen LogP contribution in [0.2, 0.25) is 0 Å². The fourth-order valence-corrected chi connectivity index (χ4v) is 2.82. The Balaban J connectivity index is 1.83. The number of rotatable bonds is 2. The normalized spacial score (nSPS) is 16.4. The predicted octanol–water partition coefficient (Wildman–Crippen LogP) is 2.93. The number of imidazole rings is 1. The molecule has 0 unspecified atom stereocenters. The van der Waals surface area contributed by atoms with Gasteiger partial charge in [0.25, 0.3) is 0 Å². The van der Waals surface area contributed by atoms with Crippen LogP contribution in [-0.2, 0) is 5.41 Å². The molecule has 0 radical (unpaired) electrons. The summed E-state index contributed by atoms with van der Waals surface area (Å²) in [4.78, 5) is 12.5. The Labute approximate surface area is 117 Å². The van der Waals surface area contributed by atoms with Gasteiger partial charge in [-0.2, -0.15) is 0 Å². The van der Waals surface area contributed by atoms with E-state index in [0.29, 0.717) is 0 Å². The number of aromatic amines is 1. The second-order valence-corrected chi connectivity index (χ2v) is 5.67. The zero-order valence-corrected chi connectivity index (χ0v) is 11.4. The SMILES string of the molecule is Cc1cnc2nc(C3(c4ccc(N)cc4)CC3)[nH]c2c1. The maximum absolute atomic E-state index is 5.77. The van der Waals surface area contributed by atoms with Crippen LogP contribution in [0.4, 0.5) is 5.69 Å². The fraction of sp³-hybridized carbons (Fsp3) is 0.250. The van der Waals surface area contributed by atoms with E-state index in [0.717, 1.165) is 41.1 Å². The minimum absolute atomic E-state index is 0.0301. The van der Waals surface area contributed by atoms with Crippen molar-refractivity contribution in [3.05, 3.63) is 53.5 Å². The number of nitrogens with two attached hydrogens (primary N) is 1. The van der Waals surface area contributed by atoms with E-state index in [2.05, 4.69) is 33.2 Å². The number of fused-ring (bicyclic) bond motifs is 1. The average Bonchev–Trinajstić information content (AvgIpc) is 3.14. The number of hydrogen-bond acceptors (Lipinski definition) is 3. The highest BCUT2D eigenvalue weighted by Gasteiger charge is 2.48. The molecule has 0 bridgehead atoms. The van der Waals surface area contributed by atoms with Gasteiger partial charge in [0.15, 0.2) is 5.65 Å². The van der Waals surface area contributed by atoms with Gasteiger partial charge in [0, 0.05) is 11.9 Å². The molecule has 0 amide bonds. The Kier molecular flexibility index (Phi) is 2.19. The van der Waals surface area contributed by atoms with Crippen molar-refractivity contribution >= 4 is 16.9 Å². The average molecular weight is 264 g/mol. The van der Waals surface area contributed by atoms with Gasteiger partial charge < -0.3 is 10.7 Å². The number of aromatic nitrogens is 3. The van der Waals surface area contributed by atoms with Gasteiger partial charge in [0.1, 0.15) is 5.82 Å². The number of aryl methyl sites for hydroxylation is 1. The minimum atomic E-state index is 0.0301. The zero-order valence-electron chi connectivity index (χ0n) is 11.4. The summed E-state index contributed by atoms with van der Waals surface area (Å²) in [5, 5.41) is 0. The molecule has 0 saturated heterocycles. The number of nitrogens with zero attached hydrogens (tertiary/aromatic N) is 2. The van der Waals surface area contributed by atoms with Crippen molar-refractivity contribution in [2.45, 2.75) is 25.2 Å². The Morgan fingerprint density at radius 2 is 1.95 bits per heavy atom. The molecule has 100 valence electrons. The third kappa shape index (κ3) is 1.61. The van der Waals surface area contributed by atoms with E-state index in [4.69, 9.17) is 5.73 Å². The number of benzene rings is 1. The molecule has 3 N–H and O–H groups in total. The molecule has 0 aliphatic heterocycles. The molecule has 0 spiro atoms. The first kappa shape index (κ1) is 11.5. The van der Waals surface area contributed by atoms with Crippen LogP contribution in [0, 0.1) is 6.92 Å². The lowest BCUT2D eigenvalue weighted by Crippen LogP contribution is -2.10. The van der Waals surface area contributed by atoms with E-state index in [9.17, 15) is 0 Å². The maximum Gasteiger partial charge on any atom is 0.177 e. The highest BCUT2D eigenvalue weighted by molar-refractivity contribution is 5.72. The van der Waals surface area contributed by atoms with Gasteiger partial charge in [-0.1, -0.05) is 12.1 Å². The molecule has 4 heteroatoms. The van der Waals surface area contributed by atoms with Crippen molar-refractivity contribution in [2.75, 3.05) is 5.73 Å². The van der Waals surface area contributed by atoms with Crippen molar-refractivity contribution in [1.82, 2.24) is 15.0 Å². The van der Waals surface area contributed by atoms with Crippen molar-refractivity contribution in [3.8, 4) is 0 Å². The molecule has 4 nitrogen and oxygen atoms in total. The Morgan fingerprint density at radius 3 is 2.65 bits per heavy atom. The van der Waals surface area contributed by atoms with Crippen LogP contribution in [0.15, 0.2) is 36.5 Å². The lowest BCUT2D eigenvalue weighted by Gasteiger charge is -2.12. The number of anilines is 1. The van der Waals surface area contributed by atoms with Gasteiger partial charge in [-0.05, 0) is 49.1 Å². The van der Waals surface area contributed by atoms with Crippen molar-refractivity contribution in [2.24, 2.45) is 0 Å². The second-order valence-electron chi connectivity index (χ2n) is 5.67. The molecular weight excluding hydrogens is 248 g/mol. The molecule has 1 aliphatic rings. The largest absolute Gasteiger partial charge is 0.399 e. The van der Waals surface area contributed by atoms with Gasteiger partial charge in [0.05, 0.1) is 10.9 Å². The summed E-state index contributed by atoms with van der Waals surface area (Å²) in [6.45, 7) is 2.04. The molecule has 0 atom stereocenters. The minimum Gasteiger partial charge on any atom is -0.399 e. The van der Waals surface area contributed by atoms with Crippen LogP contribution >= 0.6 is 0 Å². The summed E-state index contributed by atoms with van der Waals surface area (Å²) in [5.74, 6) is 1.02. The molecule has 4 rings (SSSR count). The van der Waals surface area contributed by atoms with E-state index in [1.165, 1.54) is 5.56 Å². The topological polar surface area (TPSA) is 67.6 Å². The van der Waals surface area contributed by atoms with E-state index >= 15 is 0 Å². The van der Waals surface area contributed by atoms with Gasteiger partial charge in [-0.3, -0.25) is 0 Å². The van der Waals surface area contributed by atoms with Crippen LogP contribution < -0.4 is 5.73 Å². The summed E-state index contributed by atoms with van der Waals surface area (Å²) < 4.78 is 0. The quantitative estimate of drug-likeness (QED) is 0.699. The Morgan fingerprint density at radius 1 is 1.20 bits per heavy atom. The Bertz CT molecular complexity index is 782. The number of nitrogens with one attached hydrogen (secondary N) is 1. The summed E-state index contributed by atoms with van der Waals surface area (Å²) in [6.07, 6.45) is 4.10. The molecule has 1 aliphatic carbocycles. The van der Waals surface area contributed by atoms with Crippen LogP contribution in [0.25, 0.3) is 11.2 Å². The molecular formula is C16H16N4. The lowest BCUT2D eigenvalue weighted by molar-refractivity contribution is 0.778. The van der Waals surface area contributed by atoms with E-state index in [1.54, 1.807) is 0 Å². The number of pyridine rings is 1. The first-order valence-corrected chi connectivity index (χ1v) is 6.86. The number of nitrogen functional groups attached to an aromatic ring is 1. The summed E-state index contributed by atoms with van der Waals surface area (Å²) in [5.41, 5.74) is 10.8. The standard InChI is InChI=1S/C16H16N4/c1-10-8-13-14(18-9-10)20-15(19-13)16(6-7-16)11-2-4-12(17)5-3-11/h2-5,8-9H,6-7,17H2,1H3,(H,18,19,20). The second kappa shape index (κ2) is 3.82. The third-order valence-electron chi connectivity index (χ3n) is 4.14. The van der Waals surface area contributed by atoms with Crippen molar-refractivity contribution < 1.29 is 0 Å². The van der Waals surface area contributed by atoms with E-state index in [1.807, 2.05) is 25.3 Å². The van der Waals surface area contributed by atoms with Gasteiger partial charge in [0.2, 0.25) is 0 Å². The monoisotopic (exact) mass is 264 g/mol. The van der Waals surface area contributed by atoms with E-state index in [-0.39, 0.29) is 5.41 Å². The van der Waals surface area contributed by atoms with Crippen LogP contribution in [0.5, 0.6) is 0 Å². The molecule has 2 aromatic heterocycles. The summed E-state index contributed by atoms with van der Waals surface area (Å²) in [6, 6.07) is 10.2. The zero-order chi connectivity index (χ0) is 13.7. The maximum atomic E-state index is 5.77. The molecule has 3 aromatic rings. The predicted molar refractivity (Wildman–Crippen MR) is 79.5 cm³/mol. The van der Waals surface area contributed by atoms with Gasteiger partial charge in [-0.25, -0.2) is 9.97 Å². The third-order valence-corrected chi connectivity index (χ3v) is 4.14. The number of hydrogen-bond donors (Lipinski definition) is 2. The Hall–Kier alpha value is -2.36. The van der Waals surface area contributed by atoms with Gasteiger partial charge >= 0.3 is 0 Å². The molecule has 1 fully saturated rings. The van der Waals surface area contributed by atoms with Crippen molar-refractivity contribution in [1.29, 1.82) is 0 Å². The fourth-order valence-electron chi connectivity index (χ4n) is 2.82. The van der Waals surface area contributed by atoms with Crippen LogP contribution in [0.1, 0.15) is 29.8 Å².